The third-order valence-electron chi connectivity index (χ3n) is 2.18. The Balaban J connectivity index is 2.62. The van der Waals surface area contributed by atoms with Crippen molar-refractivity contribution in [2.75, 3.05) is 12.8 Å². The van der Waals surface area contributed by atoms with Crippen molar-refractivity contribution in [3.8, 4) is 0 Å². The quantitative estimate of drug-likeness (QED) is 0.511. The summed E-state index contributed by atoms with van der Waals surface area (Å²) in [5.41, 5.74) is 0.421. The molecule has 0 aliphatic carbocycles. The van der Waals surface area contributed by atoms with Gasteiger partial charge in [0.05, 0.1) is 5.37 Å². The minimum atomic E-state index is 0.421. The van der Waals surface area contributed by atoms with Gasteiger partial charge in [0, 0.05) is 11.3 Å². The van der Waals surface area contributed by atoms with Crippen molar-refractivity contribution in [2.24, 2.45) is 0 Å². The van der Waals surface area contributed by atoms with Crippen LogP contribution >= 0.6 is 11.8 Å². The Hall–Kier alpha value is 0.310. The predicted molar refractivity (Wildman–Crippen MR) is 43.8 cm³/mol. The summed E-state index contributed by atoms with van der Waals surface area (Å²) >= 11 is 2.04. The van der Waals surface area contributed by atoms with Crippen molar-refractivity contribution in [1.82, 2.24) is 4.90 Å². The van der Waals surface area contributed by atoms with Crippen LogP contribution in [0.3, 0.4) is 0 Å². The minimum Gasteiger partial charge on any atom is -0.289 e. The molecule has 0 aromatic carbocycles. The molecule has 0 spiro atoms. The van der Waals surface area contributed by atoms with Crippen LogP contribution < -0.4 is 0 Å². The lowest BCUT2D eigenvalue weighted by Crippen LogP contribution is -2.39. The molecule has 1 fully saturated rings. The van der Waals surface area contributed by atoms with Gasteiger partial charge in [0.1, 0.15) is 0 Å². The van der Waals surface area contributed by atoms with Gasteiger partial charge in [-0.25, -0.2) is 0 Å². The number of rotatable bonds is 0. The van der Waals surface area contributed by atoms with E-state index < -0.39 is 0 Å². The zero-order valence-corrected chi connectivity index (χ0v) is 7.46. The normalized spacial score (nSPS) is 35.3. The van der Waals surface area contributed by atoms with E-state index >= 15 is 0 Å². The van der Waals surface area contributed by atoms with Gasteiger partial charge in [0.25, 0.3) is 0 Å². The standard InChI is InChI=1S/C7H15NS/c1-6-8(4)7(2,3)5-9-6/h6H,5H2,1-4H3. The van der Waals surface area contributed by atoms with Crippen LogP contribution in [0.25, 0.3) is 0 Å². The molecule has 1 aliphatic heterocycles. The molecule has 54 valence electrons. The molecule has 0 saturated carbocycles. The predicted octanol–water partition coefficient (Wildman–Crippen LogP) is 1.79. The van der Waals surface area contributed by atoms with Crippen molar-refractivity contribution in [3.63, 3.8) is 0 Å². The molecular weight excluding hydrogens is 130 g/mol. The van der Waals surface area contributed by atoms with Gasteiger partial charge in [0.15, 0.2) is 0 Å². The van der Waals surface area contributed by atoms with Gasteiger partial charge >= 0.3 is 0 Å². The van der Waals surface area contributed by atoms with Crippen molar-refractivity contribution in [3.05, 3.63) is 0 Å². The lowest BCUT2D eigenvalue weighted by Gasteiger charge is -2.28. The second-order valence-corrected chi connectivity index (χ2v) is 4.64. The van der Waals surface area contributed by atoms with Crippen LogP contribution in [0, 0.1) is 0 Å². The molecule has 1 heterocycles. The van der Waals surface area contributed by atoms with E-state index in [9.17, 15) is 0 Å². The molecule has 2 heteroatoms. The molecule has 1 atom stereocenters. The van der Waals surface area contributed by atoms with E-state index in [1.54, 1.807) is 0 Å². The summed E-state index contributed by atoms with van der Waals surface area (Å²) < 4.78 is 0. The van der Waals surface area contributed by atoms with Crippen LogP contribution in [-0.2, 0) is 0 Å². The fourth-order valence-electron chi connectivity index (χ4n) is 1.03. The first-order chi connectivity index (χ1) is 4.04. The maximum absolute atomic E-state index is 2.43. The van der Waals surface area contributed by atoms with Crippen molar-refractivity contribution < 1.29 is 0 Å². The van der Waals surface area contributed by atoms with Gasteiger partial charge in [-0.2, -0.15) is 0 Å². The van der Waals surface area contributed by atoms with E-state index in [1.165, 1.54) is 5.75 Å². The molecule has 0 N–H and O–H groups in total. The summed E-state index contributed by atoms with van der Waals surface area (Å²) in [6.45, 7) is 6.85. The lowest BCUT2D eigenvalue weighted by molar-refractivity contribution is 0.192. The van der Waals surface area contributed by atoms with Gasteiger partial charge < -0.3 is 0 Å². The molecule has 1 aliphatic rings. The molecule has 0 amide bonds. The van der Waals surface area contributed by atoms with E-state index in [1.807, 2.05) is 11.8 Å². The van der Waals surface area contributed by atoms with Crippen LogP contribution in [0.5, 0.6) is 0 Å². The van der Waals surface area contributed by atoms with Gasteiger partial charge in [-0.05, 0) is 27.8 Å². The summed E-state index contributed by atoms with van der Waals surface area (Å²) in [5, 5.41) is 0.708. The maximum atomic E-state index is 2.43. The van der Waals surface area contributed by atoms with Crippen LogP contribution in [0.1, 0.15) is 20.8 Å². The molecule has 1 saturated heterocycles. The number of hydrogen-bond donors (Lipinski definition) is 0. The molecule has 0 aromatic heterocycles. The average Bonchev–Trinajstić information content (AvgIpc) is 1.97. The van der Waals surface area contributed by atoms with Crippen molar-refractivity contribution >= 4 is 11.8 Å². The highest BCUT2D eigenvalue weighted by Gasteiger charge is 2.34. The molecule has 0 radical (unpaired) electrons. The van der Waals surface area contributed by atoms with E-state index in [0.29, 0.717) is 10.9 Å². The largest absolute Gasteiger partial charge is 0.289 e. The highest BCUT2D eigenvalue weighted by atomic mass is 32.2. The van der Waals surface area contributed by atoms with Gasteiger partial charge in [-0.15, -0.1) is 11.8 Å². The Morgan fingerprint density at radius 1 is 1.56 bits per heavy atom. The maximum Gasteiger partial charge on any atom is 0.0531 e. The Kier molecular flexibility index (Phi) is 1.79. The topological polar surface area (TPSA) is 3.24 Å². The monoisotopic (exact) mass is 145 g/mol. The molecule has 9 heavy (non-hydrogen) atoms. The summed E-state index contributed by atoms with van der Waals surface area (Å²) in [4.78, 5) is 2.43. The Bertz CT molecular complexity index is 111. The molecule has 1 rings (SSSR count). The van der Waals surface area contributed by atoms with Crippen molar-refractivity contribution in [1.29, 1.82) is 0 Å². The van der Waals surface area contributed by atoms with Gasteiger partial charge in [-0.3, -0.25) is 4.90 Å². The fourth-order valence-corrected chi connectivity index (χ4v) is 2.39. The van der Waals surface area contributed by atoms with Crippen LogP contribution in [0.2, 0.25) is 0 Å². The fraction of sp³-hybridized carbons (Fsp3) is 1.00. The second kappa shape index (κ2) is 2.17. The Labute approximate surface area is 61.8 Å². The summed E-state index contributed by atoms with van der Waals surface area (Å²) in [5.74, 6) is 1.27. The van der Waals surface area contributed by atoms with E-state index in [2.05, 4.69) is 32.7 Å². The second-order valence-electron chi connectivity index (χ2n) is 3.33. The SMILES string of the molecule is CC1SCC(C)(C)N1C. The smallest absolute Gasteiger partial charge is 0.0531 e. The highest BCUT2D eigenvalue weighted by Crippen LogP contribution is 2.33. The van der Waals surface area contributed by atoms with Crippen LogP contribution in [0.15, 0.2) is 0 Å². The number of hydrogen-bond acceptors (Lipinski definition) is 2. The number of nitrogens with zero attached hydrogens (tertiary/aromatic N) is 1. The first-order valence-corrected chi connectivity index (χ1v) is 4.43. The zero-order valence-electron chi connectivity index (χ0n) is 6.64. The summed E-state index contributed by atoms with van der Waals surface area (Å²) in [6, 6.07) is 0. The molecule has 0 bridgehead atoms. The third-order valence-corrected chi connectivity index (χ3v) is 3.85. The molecule has 1 unspecified atom stereocenters. The minimum absolute atomic E-state index is 0.421. The molecule has 0 aromatic rings. The van der Waals surface area contributed by atoms with E-state index in [-0.39, 0.29) is 0 Å². The summed E-state index contributed by atoms with van der Waals surface area (Å²) in [6.07, 6.45) is 0. The zero-order chi connectivity index (χ0) is 7.07. The first-order valence-electron chi connectivity index (χ1n) is 3.38. The van der Waals surface area contributed by atoms with E-state index in [4.69, 9.17) is 0 Å². The third kappa shape index (κ3) is 1.24. The van der Waals surface area contributed by atoms with Crippen molar-refractivity contribution in [2.45, 2.75) is 31.7 Å². The summed E-state index contributed by atoms with van der Waals surface area (Å²) in [7, 11) is 2.20. The first kappa shape index (κ1) is 7.42. The van der Waals surface area contributed by atoms with Crippen LogP contribution in [0.4, 0.5) is 0 Å². The number of thioether (sulfide) groups is 1. The molecule has 1 nitrogen and oxygen atoms in total. The Morgan fingerprint density at radius 3 is 2.22 bits per heavy atom. The van der Waals surface area contributed by atoms with Gasteiger partial charge in [-0.1, -0.05) is 0 Å². The molecular formula is C7H15NS. The van der Waals surface area contributed by atoms with Crippen LogP contribution in [-0.4, -0.2) is 28.6 Å². The Morgan fingerprint density at radius 2 is 2.11 bits per heavy atom. The average molecular weight is 145 g/mol. The van der Waals surface area contributed by atoms with E-state index in [0.717, 1.165) is 0 Å². The lowest BCUT2D eigenvalue weighted by atomic mass is 10.1. The highest BCUT2D eigenvalue weighted by molar-refractivity contribution is 8.00. The van der Waals surface area contributed by atoms with Gasteiger partial charge in [0.2, 0.25) is 0 Å².